The van der Waals surface area contributed by atoms with Crippen LogP contribution in [0.3, 0.4) is 0 Å². The van der Waals surface area contributed by atoms with E-state index in [1.165, 1.54) is 6.92 Å². The molecule has 0 aliphatic carbocycles. The van der Waals surface area contributed by atoms with Crippen molar-refractivity contribution in [2.45, 2.75) is 38.1 Å². The van der Waals surface area contributed by atoms with Gasteiger partial charge in [-0.1, -0.05) is 28.1 Å². The van der Waals surface area contributed by atoms with Crippen molar-refractivity contribution < 1.29 is 33.5 Å². The average molecular weight is 441 g/mol. The second-order valence-corrected chi connectivity index (χ2v) is 7.06. The Morgan fingerprint density at radius 3 is 2.63 bits per heavy atom. The molecule has 10 heteroatoms. The van der Waals surface area contributed by atoms with Crippen molar-refractivity contribution >= 4 is 39.7 Å². The largest absolute Gasteiger partial charge is 0.456 e. The van der Waals surface area contributed by atoms with Crippen molar-refractivity contribution in [1.29, 1.82) is 0 Å². The molecule has 0 aromatic heterocycles. The molecule has 0 bridgehead atoms. The summed E-state index contributed by atoms with van der Waals surface area (Å²) in [5.41, 5.74) is -1.27. The number of amides is 2. The lowest BCUT2D eigenvalue weighted by Crippen LogP contribution is -2.57. The zero-order valence-electron chi connectivity index (χ0n) is 14.4. The van der Waals surface area contributed by atoms with Gasteiger partial charge in [0.05, 0.1) is 6.42 Å². The van der Waals surface area contributed by atoms with Gasteiger partial charge in [-0.25, -0.2) is 4.79 Å². The van der Waals surface area contributed by atoms with Gasteiger partial charge in [0.25, 0.3) is 5.91 Å². The van der Waals surface area contributed by atoms with Gasteiger partial charge in [-0.2, -0.15) is 5.06 Å². The lowest BCUT2D eigenvalue weighted by atomic mass is 10.1. The van der Waals surface area contributed by atoms with Gasteiger partial charge < -0.3 is 14.8 Å². The number of ether oxygens (including phenoxy) is 2. The molecule has 2 heterocycles. The Morgan fingerprint density at radius 2 is 2.04 bits per heavy atom. The minimum absolute atomic E-state index is 0.0642. The topological polar surface area (TPSA) is 111 Å². The molecule has 1 N–H and O–H groups in total. The Morgan fingerprint density at radius 1 is 1.33 bits per heavy atom. The van der Waals surface area contributed by atoms with E-state index < -0.39 is 35.5 Å². The SMILES string of the molecule is CC(=O)NC1CON(C2(C(=O)OCc3ccc(Br)cc3)CCC(=O)O2)C1=O. The molecule has 2 unspecified atom stereocenters. The van der Waals surface area contributed by atoms with E-state index in [0.29, 0.717) is 5.06 Å². The molecule has 2 aliphatic heterocycles. The number of carbonyl (C=O) groups is 4. The smallest absolute Gasteiger partial charge is 0.375 e. The number of esters is 2. The van der Waals surface area contributed by atoms with Gasteiger partial charge in [-0.15, -0.1) is 0 Å². The number of rotatable bonds is 5. The fourth-order valence-corrected chi connectivity index (χ4v) is 3.09. The summed E-state index contributed by atoms with van der Waals surface area (Å²) in [6, 6.07) is 6.14. The Bertz CT molecular complexity index is 782. The van der Waals surface area contributed by atoms with E-state index in [1.807, 2.05) is 0 Å². The summed E-state index contributed by atoms with van der Waals surface area (Å²) in [7, 11) is 0. The first-order chi connectivity index (χ1) is 12.8. The molecular weight excluding hydrogens is 424 g/mol. The van der Waals surface area contributed by atoms with Crippen LogP contribution in [0.15, 0.2) is 28.7 Å². The zero-order chi connectivity index (χ0) is 19.6. The number of hydroxylamine groups is 2. The molecule has 0 spiro atoms. The summed E-state index contributed by atoms with van der Waals surface area (Å²) in [6.45, 7) is 1.02. The van der Waals surface area contributed by atoms with Crippen LogP contribution in [0.2, 0.25) is 0 Å². The third-order valence-corrected chi connectivity index (χ3v) is 4.66. The molecule has 1 aromatic rings. The monoisotopic (exact) mass is 440 g/mol. The fourth-order valence-electron chi connectivity index (χ4n) is 2.83. The first kappa shape index (κ1) is 19.3. The van der Waals surface area contributed by atoms with Gasteiger partial charge >= 0.3 is 17.7 Å². The van der Waals surface area contributed by atoms with Gasteiger partial charge in [0.15, 0.2) is 0 Å². The second kappa shape index (κ2) is 7.65. The number of cyclic esters (lactones) is 1. The van der Waals surface area contributed by atoms with E-state index in [2.05, 4.69) is 21.2 Å². The van der Waals surface area contributed by atoms with E-state index in [1.54, 1.807) is 24.3 Å². The third-order valence-electron chi connectivity index (χ3n) is 4.13. The minimum atomic E-state index is -1.99. The second-order valence-electron chi connectivity index (χ2n) is 6.14. The quantitative estimate of drug-likeness (QED) is 0.673. The standard InChI is InChI=1S/C17H17BrN2O7/c1-10(21)19-13-9-26-20(15(13)23)17(7-6-14(22)27-17)16(24)25-8-11-2-4-12(18)5-3-11/h2-5,13H,6-9H2,1H3,(H,19,21). The van der Waals surface area contributed by atoms with Crippen LogP contribution in [0.4, 0.5) is 0 Å². The molecule has 2 aliphatic rings. The van der Waals surface area contributed by atoms with Crippen molar-refractivity contribution in [3.8, 4) is 0 Å². The van der Waals surface area contributed by atoms with E-state index in [0.717, 1.165) is 10.0 Å². The summed E-state index contributed by atoms with van der Waals surface area (Å²) in [6.07, 6.45) is -0.158. The number of hydrogen-bond acceptors (Lipinski definition) is 7. The maximum absolute atomic E-state index is 12.7. The number of carbonyl (C=O) groups excluding carboxylic acids is 4. The number of nitrogens with zero attached hydrogens (tertiary/aromatic N) is 1. The van der Waals surface area contributed by atoms with E-state index in [4.69, 9.17) is 14.3 Å². The van der Waals surface area contributed by atoms with Crippen LogP contribution in [-0.4, -0.2) is 47.2 Å². The Kier molecular flexibility index (Phi) is 5.47. The van der Waals surface area contributed by atoms with Crippen LogP contribution in [0.1, 0.15) is 25.3 Å². The Balaban J connectivity index is 1.75. The van der Waals surface area contributed by atoms with Crippen molar-refractivity contribution in [2.24, 2.45) is 0 Å². The van der Waals surface area contributed by atoms with E-state index in [-0.39, 0.29) is 26.1 Å². The van der Waals surface area contributed by atoms with Crippen LogP contribution in [0.5, 0.6) is 0 Å². The van der Waals surface area contributed by atoms with Gasteiger partial charge in [0.1, 0.15) is 19.3 Å². The van der Waals surface area contributed by atoms with Crippen molar-refractivity contribution in [1.82, 2.24) is 10.4 Å². The molecule has 1 aromatic carbocycles. The first-order valence-corrected chi connectivity index (χ1v) is 8.99. The number of halogens is 1. The minimum Gasteiger partial charge on any atom is -0.456 e. The summed E-state index contributed by atoms with van der Waals surface area (Å²) < 4.78 is 11.3. The van der Waals surface area contributed by atoms with E-state index >= 15 is 0 Å². The predicted molar refractivity (Wildman–Crippen MR) is 92.4 cm³/mol. The number of benzene rings is 1. The molecule has 3 rings (SSSR count). The predicted octanol–water partition coefficient (Wildman–Crippen LogP) is 0.804. The van der Waals surface area contributed by atoms with Gasteiger partial charge in [-0.05, 0) is 17.7 Å². The Labute approximate surface area is 163 Å². The van der Waals surface area contributed by atoms with Crippen molar-refractivity contribution in [3.05, 3.63) is 34.3 Å². The highest BCUT2D eigenvalue weighted by Gasteiger charge is 2.59. The van der Waals surface area contributed by atoms with Crippen LogP contribution in [0, 0.1) is 0 Å². The van der Waals surface area contributed by atoms with Gasteiger partial charge in [0, 0.05) is 17.8 Å². The summed E-state index contributed by atoms with van der Waals surface area (Å²) in [5, 5.41) is 3.13. The summed E-state index contributed by atoms with van der Waals surface area (Å²) >= 11 is 3.31. The molecule has 2 fully saturated rings. The van der Waals surface area contributed by atoms with Crippen LogP contribution in [-0.2, 0) is 40.1 Å². The zero-order valence-corrected chi connectivity index (χ0v) is 16.0. The average Bonchev–Trinajstić information content (AvgIpc) is 3.18. The molecule has 27 heavy (non-hydrogen) atoms. The molecule has 2 atom stereocenters. The van der Waals surface area contributed by atoms with Gasteiger partial charge in [-0.3, -0.25) is 19.2 Å². The number of hydrogen-bond donors (Lipinski definition) is 1. The van der Waals surface area contributed by atoms with Crippen LogP contribution < -0.4 is 5.32 Å². The molecule has 2 saturated heterocycles. The molecule has 144 valence electrons. The molecular formula is C17H17BrN2O7. The summed E-state index contributed by atoms with van der Waals surface area (Å²) in [4.78, 5) is 53.5. The fraction of sp³-hybridized carbons (Fsp3) is 0.412. The highest BCUT2D eigenvalue weighted by molar-refractivity contribution is 9.10. The lowest BCUT2D eigenvalue weighted by Gasteiger charge is -2.32. The molecule has 0 radical (unpaired) electrons. The maximum atomic E-state index is 12.7. The number of nitrogens with one attached hydrogen (secondary N) is 1. The van der Waals surface area contributed by atoms with Crippen molar-refractivity contribution in [3.63, 3.8) is 0 Å². The van der Waals surface area contributed by atoms with Gasteiger partial charge in [0.2, 0.25) is 5.91 Å². The Hall–Kier alpha value is -2.46. The maximum Gasteiger partial charge on any atom is 0.375 e. The molecule has 9 nitrogen and oxygen atoms in total. The molecule has 2 amide bonds. The highest BCUT2D eigenvalue weighted by atomic mass is 79.9. The van der Waals surface area contributed by atoms with Crippen LogP contribution >= 0.6 is 15.9 Å². The summed E-state index contributed by atoms with van der Waals surface area (Å²) in [5.74, 6) is -2.65. The molecule has 0 saturated carbocycles. The van der Waals surface area contributed by atoms with Crippen molar-refractivity contribution in [2.75, 3.05) is 6.61 Å². The highest BCUT2D eigenvalue weighted by Crippen LogP contribution is 2.35. The normalized spacial score (nSPS) is 24.7. The lowest BCUT2D eigenvalue weighted by molar-refractivity contribution is -0.259. The third kappa shape index (κ3) is 3.96. The van der Waals surface area contributed by atoms with Crippen LogP contribution in [0.25, 0.3) is 0 Å². The van der Waals surface area contributed by atoms with E-state index in [9.17, 15) is 19.2 Å². The first-order valence-electron chi connectivity index (χ1n) is 8.19.